The zero-order valence-electron chi connectivity index (χ0n) is 15.1. The Bertz CT molecular complexity index is 1110. The smallest absolute Gasteiger partial charge is 0.321 e. The Hall–Kier alpha value is -3.54. The number of hydrogen-bond donors (Lipinski definition) is 1. The van der Waals surface area contributed by atoms with Gasteiger partial charge in [0.15, 0.2) is 0 Å². The molecule has 0 aliphatic heterocycles. The quantitative estimate of drug-likeness (QED) is 0.574. The highest BCUT2D eigenvalue weighted by Crippen LogP contribution is 2.36. The van der Waals surface area contributed by atoms with Crippen molar-refractivity contribution in [1.82, 2.24) is 9.88 Å². The lowest BCUT2D eigenvalue weighted by Gasteiger charge is -2.19. The second kappa shape index (κ2) is 6.99. The number of amides is 2. The molecule has 0 aliphatic rings. The minimum absolute atomic E-state index is 0.236. The molecule has 0 unspecified atom stereocenters. The average Bonchev–Trinajstić information content (AvgIpc) is 3.05. The van der Waals surface area contributed by atoms with E-state index in [0.717, 1.165) is 21.9 Å². The van der Waals surface area contributed by atoms with Crippen molar-refractivity contribution in [3.63, 3.8) is 0 Å². The number of aromatic nitrogens is 1. The van der Waals surface area contributed by atoms with Gasteiger partial charge in [0.05, 0.1) is 12.8 Å². The number of hydrogen-bond acceptors (Lipinski definition) is 4. The standard InChI is InChI=1S/C21H19N3O3/c1-24(13-14-7-9-22-10-8-14)21(25)23-17-12-19-16(11-20(17)26-2)15-5-3-4-6-18(15)27-19/h3-12H,13H2,1-2H3,(H,23,25). The third-order valence-corrected chi connectivity index (χ3v) is 4.46. The zero-order chi connectivity index (χ0) is 18.8. The van der Waals surface area contributed by atoms with Gasteiger partial charge in [0.1, 0.15) is 16.9 Å². The van der Waals surface area contributed by atoms with E-state index >= 15 is 0 Å². The number of para-hydroxylation sites is 1. The highest BCUT2D eigenvalue weighted by atomic mass is 16.5. The van der Waals surface area contributed by atoms with Crippen molar-refractivity contribution in [3.05, 3.63) is 66.5 Å². The van der Waals surface area contributed by atoms with Gasteiger partial charge in [-0.2, -0.15) is 0 Å². The van der Waals surface area contributed by atoms with E-state index in [-0.39, 0.29) is 6.03 Å². The fraction of sp³-hybridized carbons (Fsp3) is 0.143. The first kappa shape index (κ1) is 16.9. The molecule has 0 saturated heterocycles. The van der Waals surface area contributed by atoms with Gasteiger partial charge in [-0.15, -0.1) is 0 Å². The molecular formula is C21H19N3O3. The Morgan fingerprint density at radius 2 is 1.89 bits per heavy atom. The summed E-state index contributed by atoms with van der Waals surface area (Å²) in [7, 11) is 3.32. The fourth-order valence-electron chi connectivity index (χ4n) is 3.06. The van der Waals surface area contributed by atoms with E-state index < -0.39 is 0 Å². The van der Waals surface area contributed by atoms with Crippen LogP contribution < -0.4 is 10.1 Å². The van der Waals surface area contributed by atoms with Crippen LogP contribution in [-0.4, -0.2) is 30.1 Å². The molecule has 0 bridgehead atoms. The Morgan fingerprint density at radius 1 is 1.11 bits per heavy atom. The van der Waals surface area contributed by atoms with Crippen molar-refractivity contribution in [3.8, 4) is 5.75 Å². The molecular weight excluding hydrogens is 342 g/mol. The van der Waals surface area contributed by atoms with E-state index in [1.165, 1.54) is 0 Å². The van der Waals surface area contributed by atoms with Gasteiger partial charge in [-0.05, 0) is 29.8 Å². The van der Waals surface area contributed by atoms with E-state index in [4.69, 9.17) is 9.15 Å². The number of furan rings is 1. The number of nitrogens with zero attached hydrogens (tertiary/aromatic N) is 2. The number of rotatable bonds is 4. The van der Waals surface area contributed by atoms with Gasteiger partial charge in [0, 0.05) is 42.8 Å². The predicted octanol–water partition coefficient (Wildman–Crippen LogP) is 4.65. The minimum Gasteiger partial charge on any atom is -0.495 e. The van der Waals surface area contributed by atoms with Crippen LogP contribution in [0, 0.1) is 0 Å². The molecule has 27 heavy (non-hydrogen) atoms. The van der Waals surface area contributed by atoms with Crippen LogP contribution in [0.15, 0.2) is 65.3 Å². The molecule has 2 aromatic heterocycles. The lowest BCUT2D eigenvalue weighted by molar-refractivity contribution is 0.220. The van der Waals surface area contributed by atoms with E-state index in [9.17, 15) is 4.79 Å². The van der Waals surface area contributed by atoms with Gasteiger partial charge in [-0.1, -0.05) is 18.2 Å². The summed E-state index contributed by atoms with van der Waals surface area (Å²) in [5, 5.41) is 4.87. The SMILES string of the molecule is COc1cc2c(cc1NC(=O)N(C)Cc1ccncc1)oc1ccccc12. The van der Waals surface area contributed by atoms with Crippen LogP contribution in [0.5, 0.6) is 5.75 Å². The van der Waals surface area contributed by atoms with Gasteiger partial charge in [0.25, 0.3) is 0 Å². The van der Waals surface area contributed by atoms with Crippen LogP contribution in [0.2, 0.25) is 0 Å². The van der Waals surface area contributed by atoms with Crippen LogP contribution in [0.3, 0.4) is 0 Å². The number of carbonyl (C=O) groups is 1. The largest absolute Gasteiger partial charge is 0.495 e. The summed E-state index contributed by atoms with van der Waals surface area (Å²) in [4.78, 5) is 18.2. The van der Waals surface area contributed by atoms with Gasteiger partial charge in [-0.25, -0.2) is 4.79 Å². The summed E-state index contributed by atoms with van der Waals surface area (Å²) in [6, 6.07) is 15.0. The molecule has 6 nitrogen and oxygen atoms in total. The normalized spacial score (nSPS) is 10.9. The molecule has 0 aliphatic carbocycles. The molecule has 0 spiro atoms. The molecule has 4 aromatic rings. The highest BCUT2D eigenvalue weighted by Gasteiger charge is 2.16. The predicted molar refractivity (Wildman–Crippen MR) is 105 cm³/mol. The lowest BCUT2D eigenvalue weighted by Crippen LogP contribution is -2.30. The molecule has 4 rings (SSSR count). The summed E-state index contributed by atoms with van der Waals surface area (Å²) >= 11 is 0. The lowest BCUT2D eigenvalue weighted by atomic mass is 10.1. The van der Waals surface area contributed by atoms with Gasteiger partial charge >= 0.3 is 6.03 Å². The first-order valence-corrected chi connectivity index (χ1v) is 8.56. The second-order valence-electron chi connectivity index (χ2n) is 6.29. The number of anilines is 1. The summed E-state index contributed by atoms with van der Waals surface area (Å²) in [6.07, 6.45) is 3.42. The van der Waals surface area contributed by atoms with Crippen LogP contribution in [0.1, 0.15) is 5.56 Å². The third-order valence-electron chi connectivity index (χ3n) is 4.46. The number of pyridine rings is 1. The third kappa shape index (κ3) is 3.29. The van der Waals surface area contributed by atoms with Gasteiger partial charge in [-0.3, -0.25) is 4.98 Å². The summed E-state index contributed by atoms with van der Waals surface area (Å²) in [5.74, 6) is 0.583. The maximum absolute atomic E-state index is 12.6. The first-order valence-electron chi connectivity index (χ1n) is 8.56. The van der Waals surface area contributed by atoms with E-state index in [0.29, 0.717) is 23.6 Å². The molecule has 0 radical (unpaired) electrons. The highest BCUT2D eigenvalue weighted by molar-refractivity contribution is 6.07. The summed E-state index contributed by atoms with van der Waals surface area (Å²) in [6.45, 7) is 0.476. The van der Waals surface area contributed by atoms with Crippen LogP contribution >= 0.6 is 0 Å². The topological polar surface area (TPSA) is 67.6 Å². The zero-order valence-corrected chi connectivity index (χ0v) is 15.1. The number of urea groups is 1. The average molecular weight is 361 g/mol. The number of fused-ring (bicyclic) bond motifs is 3. The Kier molecular flexibility index (Phi) is 4.38. The van der Waals surface area contributed by atoms with Crippen molar-refractivity contribution >= 4 is 33.7 Å². The maximum Gasteiger partial charge on any atom is 0.321 e. The monoisotopic (exact) mass is 361 g/mol. The summed E-state index contributed by atoms with van der Waals surface area (Å²) in [5.41, 5.74) is 3.06. The van der Waals surface area contributed by atoms with Gasteiger partial charge in [0.2, 0.25) is 0 Å². The molecule has 2 amide bonds. The second-order valence-corrected chi connectivity index (χ2v) is 6.29. The fourth-order valence-corrected chi connectivity index (χ4v) is 3.06. The Labute approximate surface area is 156 Å². The number of methoxy groups -OCH3 is 1. The number of nitrogens with one attached hydrogen (secondary N) is 1. The maximum atomic E-state index is 12.6. The summed E-state index contributed by atoms with van der Waals surface area (Å²) < 4.78 is 11.4. The van der Waals surface area contributed by atoms with E-state index in [1.807, 2.05) is 42.5 Å². The van der Waals surface area contributed by atoms with Crippen molar-refractivity contribution in [1.29, 1.82) is 0 Å². The van der Waals surface area contributed by atoms with Crippen LogP contribution in [0.4, 0.5) is 10.5 Å². The van der Waals surface area contributed by atoms with Crippen molar-refractivity contribution < 1.29 is 13.9 Å². The first-order chi connectivity index (χ1) is 13.2. The Morgan fingerprint density at radius 3 is 2.67 bits per heavy atom. The van der Waals surface area contributed by atoms with Crippen molar-refractivity contribution in [2.24, 2.45) is 0 Å². The van der Waals surface area contributed by atoms with Crippen LogP contribution in [0.25, 0.3) is 21.9 Å². The van der Waals surface area contributed by atoms with Gasteiger partial charge < -0.3 is 19.4 Å². The molecule has 1 N–H and O–H groups in total. The number of carbonyl (C=O) groups excluding carboxylic acids is 1. The van der Waals surface area contributed by atoms with Crippen molar-refractivity contribution in [2.45, 2.75) is 6.54 Å². The molecule has 6 heteroatoms. The Balaban J connectivity index is 1.62. The number of benzene rings is 2. The molecule has 136 valence electrons. The van der Waals surface area contributed by atoms with Crippen molar-refractivity contribution in [2.75, 3.05) is 19.5 Å². The molecule has 0 atom stereocenters. The molecule has 2 aromatic carbocycles. The van der Waals surface area contributed by atoms with E-state index in [1.54, 1.807) is 37.5 Å². The molecule has 0 saturated carbocycles. The van der Waals surface area contributed by atoms with Crippen LogP contribution in [-0.2, 0) is 6.54 Å². The minimum atomic E-state index is -0.236. The number of ether oxygens (including phenoxy) is 1. The molecule has 0 fully saturated rings. The molecule has 2 heterocycles. The van der Waals surface area contributed by atoms with E-state index in [2.05, 4.69) is 10.3 Å².